The van der Waals surface area contributed by atoms with Gasteiger partial charge >= 0.3 is 0 Å². The maximum atomic E-state index is 2.61. The molecular weight excluding hydrogens is 999 g/mol. The van der Waals surface area contributed by atoms with Crippen molar-refractivity contribution >= 4 is 69.2 Å². The first-order valence-corrected chi connectivity index (χ1v) is 32.5. The predicted octanol–water partition coefficient (Wildman–Crippen LogP) is 20.2. The van der Waals surface area contributed by atoms with Gasteiger partial charge in [-0.1, -0.05) is 311 Å². The monoisotopic (exact) mass is 1100 g/mol. The minimum atomic E-state index is -1.20. The summed E-state index contributed by atoms with van der Waals surface area (Å²) >= 11 is 0. The van der Waals surface area contributed by atoms with E-state index in [0.29, 0.717) is 0 Å². The van der Waals surface area contributed by atoms with Crippen LogP contribution in [0.1, 0.15) is 222 Å². The van der Waals surface area contributed by atoms with Crippen LogP contribution in [0, 0.1) is 13.8 Å². The summed E-state index contributed by atoms with van der Waals surface area (Å²) in [6.45, 7) is 62.1. The third-order valence-corrected chi connectivity index (χ3v) is 21.5. The van der Waals surface area contributed by atoms with Crippen molar-refractivity contribution in [3.8, 4) is 11.1 Å². The van der Waals surface area contributed by atoms with Crippen LogP contribution in [0.25, 0.3) is 32.7 Å². The summed E-state index contributed by atoms with van der Waals surface area (Å²) in [4.78, 5) is 0. The second kappa shape index (κ2) is 21.1. The SMILES string of the molecule is Cc1ccc2c(-c3c(P(c4cc(C(C)(C)C)cc(C(C)(C)C)c4)c4cc(C(C)(C)C)cc(C(C)(C)C)c4)ccc4cc(C)ccc34)c(P(c3cc(C(C)(C)C)cc(C(C)(C)C)c3)c3cc(C(C)(C)C)cc(C(C)(C)C)c3)ccc2c1. The zero-order chi connectivity index (χ0) is 59.4. The normalized spacial score (nSPS) is 13.6. The molecule has 2 heteroatoms. The highest BCUT2D eigenvalue weighted by molar-refractivity contribution is 7.81. The van der Waals surface area contributed by atoms with Crippen molar-refractivity contribution in [3.63, 3.8) is 0 Å². The molecule has 0 atom stereocenters. The van der Waals surface area contributed by atoms with Gasteiger partial charge in [0.25, 0.3) is 0 Å². The molecule has 8 rings (SSSR count). The first kappa shape index (κ1) is 61.2. The maximum absolute atomic E-state index is 2.61. The van der Waals surface area contributed by atoms with Gasteiger partial charge in [-0.15, -0.1) is 0 Å². The molecular formula is C78H100P2. The van der Waals surface area contributed by atoms with Crippen molar-refractivity contribution in [2.75, 3.05) is 0 Å². The summed E-state index contributed by atoms with van der Waals surface area (Å²) in [6, 6.07) is 55.6. The van der Waals surface area contributed by atoms with Crippen LogP contribution in [-0.2, 0) is 43.3 Å². The van der Waals surface area contributed by atoms with E-state index in [0.717, 1.165) is 0 Å². The molecule has 0 spiro atoms. The number of aryl methyl sites for hydroxylation is 2. The van der Waals surface area contributed by atoms with Crippen molar-refractivity contribution in [2.45, 2.75) is 223 Å². The van der Waals surface area contributed by atoms with E-state index in [2.05, 4.69) is 313 Å². The number of hydrogen-bond donors (Lipinski definition) is 0. The van der Waals surface area contributed by atoms with Crippen LogP contribution >= 0.6 is 15.8 Å². The fraction of sp³-hybridized carbons (Fsp3) is 0.436. The first-order chi connectivity index (χ1) is 36.5. The number of benzene rings is 8. The molecule has 0 N–H and O–H groups in total. The van der Waals surface area contributed by atoms with E-state index >= 15 is 0 Å². The van der Waals surface area contributed by atoms with Crippen molar-refractivity contribution in [1.82, 2.24) is 0 Å². The topological polar surface area (TPSA) is 0 Å². The smallest absolute Gasteiger partial charge is 0.000883 e. The van der Waals surface area contributed by atoms with Crippen LogP contribution in [0.5, 0.6) is 0 Å². The molecule has 0 heterocycles. The molecule has 0 saturated heterocycles. The van der Waals surface area contributed by atoms with Crippen molar-refractivity contribution in [3.05, 3.63) is 189 Å². The fourth-order valence-electron chi connectivity index (χ4n) is 11.1. The Hall–Kier alpha value is -4.86. The van der Waals surface area contributed by atoms with Gasteiger partial charge in [-0.3, -0.25) is 0 Å². The molecule has 0 nitrogen and oxygen atoms in total. The molecule has 0 bridgehead atoms. The highest BCUT2D eigenvalue weighted by atomic mass is 31.1. The molecule has 0 aromatic heterocycles. The summed E-state index contributed by atoms with van der Waals surface area (Å²) < 4.78 is 0. The van der Waals surface area contributed by atoms with Crippen LogP contribution < -0.4 is 31.8 Å². The molecule has 80 heavy (non-hydrogen) atoms. The van der Waals surface area contributed by atoms with E-state index in [-0.39, 0.29) is 43.3 Å². The minimum Gasteiger partial charge on any atom is -0.0587 e. The summed E-state index contributed by atoms with van der Waals surface area (Å²) in [5.41, 5.74) is 15.9. The maximum Gasteiger partial charge on any atom is -0.000883 e. The third-order valence-electron chi connectivity index (χ3n) is 16.7. The van der Waals surface area contributed by atoms with Crippen LogP contribution in [0.3, 0.4) is 0 Å². The Kier molecular flexibility index (Phi) is 16.1. The lowest BCUT2D eigenvalue weighted by Gasteiger charge is -2.34. The van der Waals surface area contributed by atoms with Gasteiger partial charge in [-0.2, -0.15) is 0 Å². The highest BCUT2D eigenvalue weighted by Gasteiger charge is 2.35. The molecule has 8 aromatic carbocycles. The minimum absolute atomic E-state index is 0.0674. The summed E-state index contributed by atoms with van der Waals surface area (Å²) in [7, 11) is -2.40. The van der Waals surface area contributed by atoms with Crippen molar-refractivity contribution in [2.24, 2.45) is 0 Å². The molecule has 0 saturated carbocycles. The zero-order valence-corrected chi connectivity index (χ0v) is 56.4. The summed E-state index contributed by atoms with van der Waals surface area (Å²) in [6.07, 6.45) is 0. The van der Waals surface area contributed by atoms with Gasteiger partial charge in [-0.25, -0.2) is 0 Å². The van der Waals surface area contributed by atoms with E-state index < -0.39 is 15.8 Å². The molecule has 422 valence electrons. The molecule has 0 unspecified atom stereocenters. The van der Waals surface area contributed by atoms with Crippen LogP contribution in [0.4, 0.5) is 0 Å². The van der Waals surface area contributed by atoms with Gasteiger partial charge in [-0.05, 0) is 182 Å². The zero-order valence-electron chi connectivity index (χ0n) is 54.6. The lowest BCUT2D eigenvalue weighted by atomic mass is 9.81. The van der Waals surface area contributed by atoms with E-state index in [4.69, 9.17) is 0 Å². The molecule has 0 aliphatic heterocycles. The van der Waals surface area contributed by atoms with Crippen LogP contribution in [-0.4, -0.2) is 0 Å². The Morgan fingerprint density at radius 2 is 0.425 bits per heavy atom. The standard InChI is InChI=1S/C78H100P2/c1-49-27-31-65-51(35-49)29-33-67(79(61-41-53(71(3,4)5)37-54(42-61)72(6,7)8)62-43-55(73(9,10)11)38-56(44-62)74(12,13)14)69(65)70-66-32-28-50(2)36-52(66)30-34-68(70)80(63-45-57(75(15,16)17)39-58(46-63)76(18,19)20)64-47-59(77(21,22)23)40-60(48-64)78(24,25)26/h27-48H,1-26H3. The predicted molar refractivity (Wildman–Crippen MR) is 363 cm³/mol. The largest absolute Gasteiger partial charge is 0.0587 e. The molecule has 8 aromatic rings. The molecule has 0 radical (unpaired) electrons. The Bertz CT molecular complexity index is 3110. The van der Waals surface area contributed by atoms with Crippen molar-refractivity contribution in [1.29, 1.82) is 0 Å². The quantitative estimate of drug-likeness (QED) is 0.140. The van der Waals surface area contributed by atoms with Gasteiger partial charge in [0.2, 0.25) is 0 Å². The lowest BCUT2D eigenvalue weighted by molar-refractivity contribution is 0.568. The van der Waals surface area contributed by atoms with Gasteiger partial charge in [0.1, 0.15) is 0 Å². The van der Waals surface area contributed by atoms with Gasteiger partial charge in [0.05, 0.1) is 0 Å². The Morgan fingerprint density at radius 3 is 0.613 bits per heavy atom. The second-order valence-corrected chi connectivity index (χ2v) is 36.5. The Labute approximate surface area is 489 Å². The molecule has 0 amide bonds. The molecule has 0 aliphatic carbocycles. The van der Waals surface area contributed by atoms with Crippen LogP contribution in [0.15, 0.2) is 133 Å². The fourth-order valence-corrected chi connectivity index (χ4v) is 16.3. The van der Waals surface area contributed by atoms with E-state index in [9.17, 15) is 0 Å². The van der Waals surface area contributed by atoms with Crippen molar-refractivity contribution < 1.29 is 0 Å². The highest BCUT2D eigenvalue weighted by Crippen LogP contribution is 2.49. The van der Waals surface area contributed by atoms with Gasteiger partial charge < -0.3 is 0 Å². The average Bonchev–Trinajstić information content (AvgIpc) is 3.31. The second-order valence-electron chi connectivity index (χ2n) is 32.1. The Balaban J connectivity index is 1.68. The number of fused-ring (bicyclic) bond motifs is 2. The van der Waals surface area contributed by atoms with Crippen LogP contribution in [0.2, 0.25) is 0 Å². The third kappa shape index (κ3) is 13.0. The molecule has 0 aliphatic rings. The lowest BCUT2D eigenvalue weighted by Crippen LogP contribution is -2.30. The van der Waals surface area contributed by atoms with E-state index in [1.807, 2.05) is 0 Å². The van der Waals surface area contributed by atoms with Gasteiger partial charge in [0, 0.05) is 0 Å². The first-order valence-electron chi connectivity index (χ1n) is 29.8. The average molecular weight is 1100 g/mol. The summed E-state index contributed by atoms with van der Waals surface area (Å²) in [5.74, 6) is 0. The van der Waals surface area contributed by atoms with Gasteiger partial charge in [0.15, 0.2) is 0 Å². The summed E-state index contributed by atoms with van der Waals surface area (Å²) in [5, 5.41) is 13.7. The number of rotatable bonds is 7. The Morgan fingerprint density at radius 1 is 0.225 bits per heavy atom. The van der Waals surface area contributed by atoms with E-state index in [1.165, 1.54) is 120 Å². The number of hydrogen-bond acceptors (Lipinski definition) is 0. The van der Waals surface area contributed by atoms with E-state index in [1.54, 1.807) is 0 Å². The molecule has 0 fully saturated rings.